The molecule has 2 aromatic rings. The molecule has 0 radical (unpaired) electrons. The van der Waals surface area contributed by atoms with Gasteiger partial charge in [0.05, 0.1) is 0 Å². The van der Waals surface area contributed by atoms with E-state index in [-0.39, 0.29) is 11.6 Å². The zero-order chi connectivity index (χ0) is 18.7. The van der Waals surface area contributed by atoms with Crippen molar-refractivity contribution in [3.63, 3.8) is 0 Å². The first-order valence-corrected chi connectivity index (χ1v) is 8.06. The van der Waals surface area contributed by atoms with Gasteiger partial charge in [-0.25, -0.2) is 4.98 Å². The van der Waals surface area contributed by atoms with E-state index < -0.39 is 6.61 Å². The summed E-state index contributed by atoms with van der Waals surface area (Å²) in [5, 5.41) is 0. The fourth-order valence-electron chi connectivity index (χ4n) is 2.87. The highest BCUT2D eigenvalue weighted by Gasteiger charge is 2.17. The lowest BCUT2D eigenvalue weighted by Gasteiger charge is -2.27. The Morgan fingerprint density at radius 2 is 2.00 bits per heavy atom. The van der Waals surface area contributed by atoms with Crippen molar-refractivity contribution in [2.45, 2.75) is 20.5 Å². The van der Waals surface area contributed by atoms with Crippen molar-refractivity contribution in [2.75, 3.05) is 13.7 Å². The molecule has 0 saturated carbocycles. The van der Waals surface area contributed by atoms with Crippen LogP contribution in [0.5, 0.6) is 17.4 Å². The van der Waals surface area contributed by atoms with Crippen molar-refractivity contribution < 1.29 is 18.3 Å². The van der Waals surface area contributed by atoms with E-state index >= 15 is 0 Å². The van der Waals surface area contributed by atoms with Crippen LogP contribution in [0, 0.1) is 6.92 Å². The van der Waals surface area contributed by atoms with Crippen LogP contribution in [0.1, 0.15) is 18.1 Å². The van der Waals surface area contributed by atoms with Crippen molar-refractivity contribution >= 4 is 11.9 Å². The standard InChI is InChI=1S/C19H19F2N3O2/c1-12-9-14(25-18-16(26-19(20)21)5-4-8-23-18)6-7-15(12)17-13(2)10-22-11-24(17)3/h4-10,19H,11H2,1-3H3. The van der Waals surface area contributed by atoms with Gasteiger partial charge in [0.1, 0.15) is 12.4 Å². The molecule has 136 valence electrons. The third-order valence-electron chi connectivity index (χ3n) is 3.95. The number of allylic oxidation sites excluding steroid dienone is 1. The molecule has 0 bridgehead atoms. The predicted octanol–water partition coefficient (Wildman–Crippen LogP) is 4.49. The number of aromatic nitrogens is 1. The maximum atomic E-state index is 12.5. The third kappa shape index (κ3) is 3.82. The van der Waals surface area contributed by atoms with Crippen molar-refractivity contribution in [1.29, 1.82) is 0 Å². The van der Waals surface area contributed by atoms with Gasteiger partial charge in [-0.2, -0.15) is 8.78 Å². The lowest BCUT2D eigenvalue weighted by atomic mass is 10.0. The van der Waals surface area contributed by atoms with E-state index in [9.17, 15) is 8.78 Å². The number of ether oxygens (including phenoxy) is 2. The van der Waals surface area contributed by atoms with E-state index in [4.69, 9.17) is 4.74 Å². The Hall–Kier alpha value is -2.96. The largest absolute Gasteiger partial charge is 0.436 e. The van der Waals surface area contributed by atoms with Gasteiger partial charge in [0, 0.05) is 30.7 Å². The Kier molecular flexibility index (Phi) is 5.16. The number of aliphatic imine (C=N–C) groups is 1. The summed E-state index contributed by atoms with van der Waals surface area (Å²) in [5.74, 6) is 0.387. The minimum atomic E-state index is -2.94. The Balaban J connectivity index is 1.89. The summed E-state index contributed by atoms with van der Waals surface area (Å²) in [4.78, 5) is 10.3. The SMILES string of the molecule is CC1=C(c2ccc(Oc3ncccc3OC(F)F)cc2C)N(C)CN=C1. The van der Waals surface area contributed by atoms with Gasteiger partial charge >= 0.3 is 6.61 Å². The molecule has 26 heavy (non-hydrogen) atoms. The van der Waals surface area contributed by atoms with Crippen LogP contribution >= 0.6 is 0 Å². The van der Waals surface area contributed by atoms with Crippen LogP contribution < -0.4 is 9.47 Å². The van der Waals surface area contributed by atoms with E-state index in [2.05, 4.69) is 19.6 Å². The molecule has 7 heteroatoms. The maximum Gasteiger partial charge on any atom is 0.387 e. The Morgan fingerprint density at radius 1 is 1.19 bits per heavy atom. The molecule has 1 aromatic heterocycles. The first kappa shape index (κ1) is 17.8. The van der Waals surface area contributed by atoms with Gasteiger partial charge < -0.3 is 14.4 Å². The van der Waals surface area contributed by atoms with E-state index in [0.29, 0.717) is 12.4 Å². The summed E-state index contributed by atoms with van der Waals surface area (Å²) >= 11 is 0. The zero-order valence-corrected chi connectivity index (χ0v) is 14.7. The summed E-state index contributed by atoms with van der Waals surface area (Å²) in [6, 6.07) is 8.46. The van der Waals surface area contributed by atoms with E-state index in [1.165, 1.54) is 18.3 Å². The highest BCUT2D eigenvalue weighted by Crippen LogP contribution is 2.33. The van der Waals surface area contributed by atoms with Crippen LogP contribution in [0.3, 0.4) is 0 Å². The minimum absolute atomic E-state index is 0.00253. The number of aryl methyl sites for hydroxylation is 1. The Labute approximate surface area is 150 Å². The summed E-state index contributed by atoms with van der Waals surface area (Å²) in [5.41, 5.74) is 4.23. The molecule has 0 saturated heterocycles. The van der Waals surface area contributed by atoms with E-state index in [0.717, 1.165) is 22.4 Å². The molecule has 0 N–H and O–H groups in total. The molecule has 1 aliphatic rings. The lowest BCUT2D eigenvalue weighted by Crippen LogP contribution is -2.22. The molecular formula is C19H19F2N3O2. The van der Waals surface area contributed by atoms with Crippen molar-refractivity contribution in [2.24, 2.45) is 4.99 Å². The van der Waals surface area contributed by atoms with Crippen LogP contribution in [-0.4, -0.2) is 36.4 Å². The third-order valence-corrected chi connectivity index (χ3v) is 3.95. The molecule has 5 nitrogen and oxygen atoms in total. The molecular weight excluding hydrogens is 340 g/mol. The number of alkyl halides is 2. The fourth-order valence-corrected chi connectivity index (χ4v) is 2.87. The van der Waals surface area contributed by atoms with Crippen molar-refractivity contribution in [3.05, 3.63) is 53.2 Å². The molecule has 0 amide bonds. The number of nitrogens with zero attached hydrogens (tertiary/aromatic N) is 3. The second-order valence-electron chi connectivity index (χ2n) is 5.95. The summed E-state index contributed by atoms with van der Waals surface area (Å²) < 4.78 is 35.1. The number of rotatable bonds is 5. The molecule has 1 aromatic carbocycles. The predicted molar refractivity (Wildman–Crippen MR) is 95.8 cm³/mol. The maximum absolute atomic E-state index is 12.5. The van der Waals surface area contributed by atoms with Crippen molar-refractivity contribution in [3.8, 4) is 17.4 Å². The van der Waals surface area contributed by atoms with Gasteiger partial charge in [-0.3, -0.25) is 4.99 Å². The minimum Gasteiger partial charge on any atom is -0.436 e. The van der Waals surface area contributed by atoms with Gasteiger partial charge in [0.15, 0.2) is 5.75 Å². The highest BCUT2D eigenvalue weighted by atomic mass is 19.3. The average Bonchev–Trinajstić information content (AvgIpc) is 2.58. The van der Waals surface area contributed by atoms with Crippen LogP contribution in [-0.2, 0) is 0 Å². The molecule has 2 heterocycles. The van der Waals surface area contributed by atoms with Crippen LogP contribution in [0.2, 0.25) is 0 Å². The van der Waals surface area contributed by atoms with E-state index in [1.807, 2.05) is 39.2 Å². The normalized spacial score (nSPS) is 14.2. The first-order chi connectivity index (χ1) is 12.5. The van der Waals surface area contributed by atoms with Crippen LogP contribution in [0.25, 0.3) is 5.70 Å². The Morgan fingerprint density at radius 3 is 2.69 bits per heavy atom. The van der Waals surface area contributed by atoms with E-state index in [1.54, 1.807) is 6.07 Å². The van der Waals surface area contributed by atoms with Gasteiger partial charge in [-0.1, -0.05) is 0 Å². The average molecular weight is 359 g/mol. The number of hydrogen-bond donors (Lipinski definition) is 0. The molecule has 0 aliphatic carbocycles. The molecule has 0 unspecified atom stereocenters. The number of hydrogen-bond acceptors (Lipinski definition) is 5. The van der Waals surface area contributed by atoms with Crippen LogP contribution in [0.4, 0.5) is 8.78 Å². The van der Waals surface area contributed by atoms with Crippen LogP contribution in [0.15, 0.2) is 47.1 Å². The summed E-state index contributed by atoms with van der Waals surface area (Å²) in [6.07, 6.45) is 3.32. The molecule has 0 spiro atoms. The highest BCUT2D eigenvalue weighted by molar-refractivity contribution is 5.91. The monoisotopic (exact) mass is 359 g/mol. The smallest absolute Gasteiger partial charge is 0.387 e. The topological polar surface area (TPSA) is 47.0 Å². The summed E-state index contributed by atoms with van der Waals surface area (Å²) in [6.45, 7) is 1.65. The second-order valence-corrected chi connectivity index (χ2v) is 5.95. The van der Waals surface area contributed by atoms with Gasteiger partial charge in [-0.05, 0) is 55.3 Å². The zero-order valence-electron chi connectivity index (χ0n) is 14.7. The Bertz CT molecular complexity index is 866. The molecule has 0 fully saturated rings. The van der Waals surface area contributed by atoms with Gasteiger partial charge in [-0.15, -0.1) is 0 Å². The number of pyridine rings is 1. The first-order valence-electron chi connectivity index (χ1n) is 8.06. The fraction of sp³-hybridized carbons (Fsp3) is 0.263. The lowest BCUT2D eigenvalue weighted by molar-refractivity contribution is -0.0513. The summed E-state index contributed by atoms with van der Waals surface area (Å²) in [7, 11) is 1.99. The van der Waals surface area contributed by atoms with Gasteiger partial charge in [0.2, 0.25) is 0 Å². The molecule has 1 aliphatic heterocycles. The number of benzene rings is 1. The second kappa shape index (κ2) is 7.51. The van der Waals surface area contributed by atoms with Crippen molar-refractivity contribution in [1.82, 2.24) is 9.88 Å². The molecule has 0 atom stereocenters. The number of halogens is 2. The van der Waals surface area contributed by atoms with Gasteiger partial charge in [0.25, 0.3) is 5.88 Å². The molecule has 3 rings (SSSR count). The quantitative estimate of drug-likeness (QED) is 0.789.